The van der Waals surface area contributed by atoms with Crippen molar-refractivity contribution < 1.29 is 23.5 Å². The number of ether oxygens (including phenoxy) is 1. The van der Waals surface area contributed by atoms with Crippen molar-refractivity contribution in [2.45, 2.75) is 6.92 Å². The first-order chi connectivity index (χ1) is 12.0. The molecule has 0 radical (unpaired) electrons. The fraction of sp³-hybridized carbons (Fsp3) is 0.105. The van der Waals surface area contributed by atoms with E-state index in [0.717, 1.165) is 5.39 Å². The van der Waals surface area contributed by atoms with Crippen molar-refractivity contribution in [1.29, 1.82) is 0 Å². The second kappa shape index (κ2) is 7.00. The highest BCUT2D eigenvalue weighted by Crippen LogP contribution is 2.19. The highest BCUT2D eigenvalue weighted by molar-refractivity contribution is 6.00. The van der Waals surface area contributed by atoms with Gasteiger partial charge >= 0.3 is 5.97 Å². The molecule has 1 N–H and O–H groups in total. The average Bonchev–Trinajstić information content (AvgIpc) is 3.03. The Kier molecular flexibility index (Phi) is 4.61. The molecule has 6 nitrogen and oxygen atoms in total. The molecule has 0 atom stereocenters. The van der Waals surface area contributed by atoms with E-state index in [0.29, 0.717) is 16.8 Å². The number of nitrogens with one attached hydrogen (secondary N) is 1. The van der Waals surface area contributed by atoms with Crippen LogP contribution in [0.5, 0.6) is 0 Å². The number of esters is 1. The summed E-state index contributed by atoms with van der Waals surface area (Å²) in [6.45, 7) is 1.01. The lowest BCUT2D eigenvalue weighted by Gasteiger charge is -2.05. The fourth-order valence-corrected chi connectivity index (χ4v) is 2.31. The predicted molar refractivity (Wildman–Crippen MR) is 91.6 cm³/mol. The van der Waals surface area contributed by atoms with Gasteiger partial charge in [0.15, 0.2) is 12.4 Å². The molecule has 1 amide bonds. The number of carbonyl (C=O) groups excluding carboxylic acids is 3. The molecule has 2 aromatic carbocycles. The normalized spacial score (nSPS) is 10.4. The Morgan fingerprint density at radius 1 is 1.04 bits per heavy atom. The van der Waals surface area contributed by atoms with Gasteiger partial charge in [-0.2, -0.15) is 0 Å². The van der Waals surface area contributed by atoms with Gasteiger partial charge in [0.05, 0.1) is 0 Å². The minimum atomic E-state index is -0.695. The van der Waals surface area contributed by atoms with E-state index in [1.54, 1.807) is 42.5 Å². The summed E-state index contributed by atoms with van der Waals surface area (Å²) in [5, 5.41) is 3.39. The summed E-state index contributed by atoms with van der Waals surface area (Å²) >= 11 is 0. The van der Waals surface area contributed by atoms with Crippen LogP contribution in [0.1, 0.15) is 27.8 Å². The number of benzene rings is 2. The largest absolute Gasteiger partial charge is 0.451 e. The summed E-state index contributed by atoms with van der Waals surface area (Å²) < 4.78 is 10.4. The van der Waals surface area contributed by atoms with Crippen LogP contribution < -0.4 is 5.32 Å². The van der Waals surface area contributed by atoms with Gasteiger partial charge in [-0.15, -0.1) is 0 Å². The number of para-hydroxylation sites is 1. The maximum atomic E-state index is 12.1. The van der Waals surface area contributed by atoms with Gasteiger partial charge in [0.2, 0.25) is 11.7 Å². The van der Waals surface area contributed by atoms with E-state index >= 15 is 0 Å². The number of fused-ring (bicyclic) bond motifs is 1. The first kappa shape index (κ1) is 16.4. The highest BCUT2D eigenvalue weighted by atomic mass is 16.5. The van der Waals surface area contributed by atoms with E-state index in [9.17, 15) is 14.4 Å². The number of amides is 1. The van der Waals surface area contributed by atoms with Crippen LogP contribution in [0.25, 0.3) is 11.0 Å². The van der Waals surface area contributed by atoms with Crippen LogP contribution >= 0.6 is 0 Å². The van der Waals surface area contributed by atoms with Crippen LogP contribution in [0.3, 0.4) is 0 Å². The van der Waals surface area contributed by atoms with E-state index in [-0.39, 0.29) is 17.5 Å². The molecule has 0 aliphatic rings. The van der Waals surface area contributed by atoms with Crippen LogP contribution in [0.4, 0.5) is 5.69 Å². The van der Waals surface area contributed by atoms with Crippen molar-refractivity contribution in [2.75, 3.05) is 11.9 Å². The number of anilines is 1. The molecule has 25 heavy (non-hydrogen) atoms. The zero-order valence-electron chi connectivity index (χ0n) is 13.4. The average molecular weight is 337 g/mol. The van der Waals surface area contributed by atoms with E-state index in [2.05, 4.69) is 5.32 Å². The van der Waals surface area contributed by atoms with Crippen molar-refractivity contribution in [3.8, 4) is 0 Å². The molecule has 1 heterocycles. The number of carbonyl (C=O) groups is 3. The highest BCUT2D eigenvalue weighted by Gasteiger charge is 2.16. The van der Waals surface area contributed by atoms with Crippen molar-refractivity contribution in [2.24, 2.45) is 0 Å². The lowest BCUT2D eigenvalue weighted by molar-refractivity contribution is -0.114. The number of rotatable bonds is 5. The Morgan fingerprint density at radius 2 is 1.76 bits per heavy atom. The van der Waals surface area contributed by atoms with E-state index in [4.69, 9.17) is 9.15 Å². The van der Waals surface area contributed by atoms with Crippen molar-refractivity contribution >= 4 is 34.3 Å². The molecular weight excluding hydrogens is 322 g/mol. The molecule has 0 aliphatic carbocycles. The van der Waals surface area contributed by atoms with Crippen LogP contribution in [0.15, 0.2) is 59.0 Å². The molecule has 3 aromatic rings. The Bertz CT molecular complexity index is 907. The third-order valence-corrected chi connectivity index (χ3v) is 3.49. The molecule has 0 bridgehead atoms. The Labute approximate surface area is 143 Å². The van der Waals surface area contributed by atoms with Crippen molar-refractivity contribution in [3.05, 3.63) is 65.9 Å². The maximum absolute atomic E-state index is 12.1. The summed E-state index contributed by atoms with van der Waals surface area (Å²) in [4.78, 5) is 35.1. The summed E-state index contributed by atoms with van der Waals surface area (Å²) in [7, 11) is 0. The molecule has 0 fully saturated rings. The minimum Gasteiger partial charge on any atom is -0.451 e. The van der Waals surface area contributed by atoms with Gasteiger partial charge in [-0.1, -0.05) is 18.2 Å². The Balaban J connectivity index is 1.61. The summed E-state index contributed by atoms with van der Waals surface area (Å²) in [6.07, 6.45) is 0. The maximum Gasteiger partial charge on any atom is 0.374 e. The van der Waals surface area contributed by atoms with Crippen molar-refractivity contribution in [3.63, 3.8) is 0 Å². The quantitative estimate of drug-likeness (QED) is 0.569. The Hall–Kier alpha value is -3.41. The van der Waals surface area contributed by atoms with Crippen LogP contribution in [-0.4, -0.2) is 24.3 Å². The third kappa shape index (κ3) is 3.92. The molecule has 0 aliphatic heterocycles. The van der Waals surface area contributed by atoms with Crippen LogP contribution in [0, 0.1) is 0 Å². The first-order valence-electron chi connectivity index (χ1n) is 7.59. The molecule has 3 rings (SSSR count). The van der Waals surface area contributed by atoms with E-state index < -0.39 is 12.6 Å². The second-order valence-corrected chi connectivity index (χ2v) is 5.41. The van der Waals surface area contributed by atoms with Gasteiger partial charge in [-0.05, 0) is 36.4 Å². The zero-order chi connectivity index (χ0) is 17.8. The lowest BCUT2D eigenvalue weighted by atomic mass is 10.1. The molecule has 0 unspecified atom stereocenters. The smallest absolute Gasteiger partial charge is 0.374 e. The van der Waals surface area contributed by atoms with Gasteiger partial charge in [0.1, 0.15) is 5.58 Å². The van der Waals surface area contributed by atoms with Crippen LogP contribution in [0.2, 0.25) is 0 Å². The zero-order valence-corrected chi connectivity index (χ0v) is 13.4. The SMILES string of the molecule is CC(=O)Nc1ccc(C(=O)COC(=O)c2cc3ccccc3o2)cc1. The number of hydrogen-bond donors (Lipinski definition) is 1. The van der Waals surface area contributed by atoms with Gasteiger partial charge in [-0.3, -0.25) is 9.59 Å². The summed E-state index contributed by atoms with van der Waals surface area (Å²) in [5.74, 6) is -1.19. The van der Waals surface area contributed by atoms with Crippen molar-refractivity contribution in [1.82, 2.24) is 0 Å². The molecule has 0 spiro atoms. The van der Waals surface area contributed by atoms with Gasteiger partial charge in [-0.25, -0.2) is 4.79 Å². The molecule has 0 saturated heterocycles. The summed E-state index contributed by atoms with van der Waals surface area (Å²) in [5.41, 5.74) is 1.55. The molecule has 6 heteroatoms. The Morgan fingerprint density at radius 3 is 2.44 bits per heavy atom. The second-order valence-electron chi connectivity index (χ2n) is 5.41. The minimum absolute atomic E-state index is 0.0509. The van der Waals surface area contributed by atoms with E-state index in [1.807, 2.05) is 12.1 Å². The number of ketones is 1. The van der Waals surface area contributed by atoms with Gasteiger partial charge in [0.25, 0.3) is 0 Å². The molecule has 126 valence electrons. The molecule has 1 aromatic heterocycles. The topological polar surface area (TPSA) is 85.6 Å². The first-order valence-corrected chi connectivity index (χ1v) is 7.59. The molecule has 0 saturated carbocycles. The number of hydrogen-bond acceptors (Lipinski definition) is 5. The lowest BCUT2D eigenvalue weighted by Crippen LogP contribution is -2.14. The number of furan rings is 1. The summed E-state index contributed by atoms with van der Waals surface area (Å²) in [6, 6.07) is 15.1. The van der Waals surface area contributed by atoms with Crippen LogP contribution in [-0.2, 0) is 9.53 Å². The fourth-order valence-electron chi connectivity index (χ4n) is 2.31. The predicted octanol–water partition coefficient (Wildman–Crippen LogP) is 3.43. The molecular formula is C19H15NO5. The standard InChI is InChI=1S/C19H15NO5/c1-12(21)20-15-8-6-13(7-9-15)16(22)11-24-19(23)18-10-14-4-2-3-5-17(14)25-18/h2-10H,11H2,1H3,(H,20,21). The monoisotopic (exact) mass is 337 g/mol. The third-order valence-electron chi connectivity index (χ3n) is 3.49. The van der Waals surface area contributed by atoms with Gasteiger partial charge in [0, 0.05) is 23.6 Å². The van der Waals surface area contributed by atoms with E-state index in [1.165, 1.54) is 6.92 Å². The number of Topliss-reactive ketones (excluding diaryl/α,β-unsaturated/α-hetero) is 1. The van der Waals surface area contributed by atoms with Gasteiger partial charge < -0.3 is 14.5 Å².